The van der Waals surface area contributed by atoms with Gasteiger partial charge in [-0.25, -0.2) is 4.79 Å². The molecule has 0 amide bonds. The van der Waals surface area contributed by atoms with Crippen molar-refractivity contribution >= 4 is 25.5 Å². The molecule has 0 fully saturated rings. The fraction of sp³-hybridized carbons (Fsp3) is 0.667. The first kappa shape index (κ1) is 27.9. The van der Waals surface area contributed by atoms with Gasteiger partial charge in [0.15, 0.2) is 5.92 Å². The van der Waals surface area contributed by atoms with Crippen molar-refractivity contribution in [2.75, 3.05) is 33.0 Å². The normalized spacial score (nSPS) is 11.5. The number of ether oxygens (including phenoxy) is 3. The maximum atomic E-state index is 13.2. The third-order valence-corrected chi connectivity index (χ3v) is 6.34. The third-order valence-electron chi connectivity index (χ3n) is 4.33. The second kappa shape index (κ2) is 13.4. The topological polar surface area (TPSA) is 128 Å². The predicted octanol–water partition coefficient (Wildman–Crippen LogP) is 3.82. The van der Waals surface area contributed by atoms with Gasteiger partial charge in [0, 0.05) is 12.0 Å². The zero-order valence-electron chi connectivity index (χ0n) is 19.6. The van der Waals surface area contributed by atoms with Crippen LogP contribution in [0.1, 0.15) is 62.1 Å². The molecule has 1 aromatic rings. The third kappa shape index (κ3) is 7.46. The smallest absolute Gasteiger partial charge is 0.374 e. The van der Waals surface area contributed by atoms with Crippen LogP contribution < -0.4 is 0 Å². The number of hydrogen-bond acceptors (Lipinski definition) is 10. The molecular weight excluding hydrogens is 443 g/mol. The van der Waals surface area contributed by atoms with E-state index in [2.05, 4.69) is 0 Å². The van der Waals surface area contributed by atoms with Crippen LogP contribution in [-0.2, 0) is 50.0 Å². The van der Waals surface area contributed by atoms with Crippen LogP contribution >= 0.6 is 7.60 Å². The highest BCUT2D eigenvalue weighted by atomic mass is 31.2. The molecule has 0 saturated heterocycles. The standard InChI is InChI=1S/C21H33O10P/c1-7-26-19(22)16(20(23)27-8-2)12-15-14(6)31-18(21(24)28-9-3)17(15)13-32(25,29-10-4)30-11-5/h16H,7-13H2,1-6H3. The van der Waals surface area contributed by atoms with E-state index in [-0.39, 0.29) is 62.7 Å². The van der Waals surface area contributed by atoms with E-state index >= 15 is 0 Å². The van der Waals surface area contributed by atoms with E-state index in [1.807, 2.05) is 0 Å². The summed E-state index contributed by atoms with van der Waals surface area (Å²) in [4.78, 5) is 37.5. The molecular formula is C21H33O10P. The van der Waals surface area contributed by atoms with Gasteiger partial charge in [-0.15, -0.1) is 0 Å². The Morgan fingerprint density at radius 2 is 1.31 bits per heavy atom. The highest BCUT2D eigenvalue weighted by molar-refractivity contribution is 7.53. The molecule has 0 aliphatic heterocycles. The lowest BCUT2D eigenvalue weighted by molar-refractivity contribution is -0.161. The summed E-state index contributed by atoms with van der Waals surface area (Å²) >= 11 is 0. The van der Waals surface area contributed by atoms with Crippen molar-refractivity contribution in [1.29, 1.82) is 0 Å². The van der Waals surface area contributed by atoms with Crippen LogP contribution in [0.2, 0.25) is 0 Å². The first-order chi connectivity index (χ1) is 15.2. The molecule has 182 valence electrons. The number of esters is 3. The average molecular weight is 476 g/mol. The zero-order valence-corrected chi connectivity index (χ0v) is 20.5. The van der Waals surface area contributed by atoms with Crippen LogP contribution in [0.3, 0.4) is 0 Å². The van der Waals surface area contributed by atoms with Gasteiger partial charge >= 0.3 is 25.5 Å². The molecule has 0 aromatic carbocycles. The van der Waals surface area contributed by atoms with E-state index < -0.39 is 31.4 Å². The van der Waals surface area contributed by atoms with Gasteiger partial charge in [-0.1, -0.05) is 0 Å². The molecule has 0 saturated carbocycles. The Morgan fingerprint density at radius 3 is 1.75 bits per heavy atom. The van der Waals surface area contributed by atoms with Crippen molar-refractivity contribution in [2.45, 2.75) is 54.1 Å². The maximum Gasteiger partial charge on any atom is 0.374 e. The van der Waals surface area contributed by atoms with Gasteiger partial charge in [-0.05, 0) is 47.1 Å². The second-order valence-electron chi connectivity index (χ2n) is 6.53. The number of aryl methyl sites for hydroxylation is 1. The van der Waals surface area contributed by atoms with Crippen molar-refractivity contribution < 1.29 is 46.6 Å². The summed E-state index contributed by atoms with van der Waals surface area (Å²) in [6.07, 6.45) is -0.478. The molecule has 0 aliphatic rings. The van der Waals surface area contributed by atoms with Gasteiger partial charge in [-0.3, -0.25) is 14.2 Å². The van der Waals surface area contributed by atoms with E-state index in [1.165, 1.54) is 0 Å². The van der Waals surface area contributed by atoms with Crippen molar-refractivity contribution in [3.8, 4) is 0 Å². The molecule has 1 heterocycles. The molecule has 32 heavy (non-hydrogen) atoms. The van der Waals surface area contributed by atoms with Crippen LogP contribution in [0.4, 0.5) is 0 Å². The Kier molecular flexibility index (Phi) is 11.7. The van der Waals surface area contributed by atoms with Gasteiger partial charge < -0.3 is 27.7 Å². The van der Waals surface area contributed by atoms with Gasteiger partial charge in [-0.2, -0.15) is 0 Å². The molecule has 0 aliphatic carbocycles. The monoisotopic (exact) mass is 476 g/mol. The van der Waals surface area contributed by atoms with Crippen LogP contribution in [0, 0.1) is 12.8 Å². The molecule has 0 spiro atoms. The quantitative estimate of drug-likeness (QED) is 0.169. The minimum absolute atomic E-state index is 0.0733. The highest BCUT2D eigenvalue weighted by Crippen LogP contribution is 2.53. The summed E-state index contributed by atoms with van der Waals surface area (Å²) < 4.78 is 44.7. The number of rotatable bonds is 14. The van der Waals surface area contributed by atoms with Crippen LogP contribution in [0.15, 0.2) is 4.42 Å². The van der Waals surface area contributed by atoms with Crippen LogP contribution in [-0.4, -0.2) is 50.9 Å². The highest BCUT2D eigenvalue weighted by Gasteiger charge is 2.37. The summed E-state index contributed by atoms with van der Waals surface area (Å²) in [5.74, 6) is -3.51. The number of hydrogen-bond donors (Lipinski definition) is 0. The van der Waals surface area contributed by atoms with E-state index in [0.717, 1.165) is 0 Å². The molecule has 1 rings (SSSR count). The van der Waals surface area contributed by atoms with E-state index in [9.17, 15) is 18.9 Å². The lowest BCUT2D eigenvalue weighted by Crippen LogP contribution is -2.30. The molecule has 10 nitrogen and oxygen atoms in total. The molecule has 0 atom stereocenters. The summed E-state index contributed by atoms with van der Waals surface area (Å²) in [6, 6.07) is 0. The zero-order chi connectivity index (χ0) is 24.3. The van der Waals surface area contributed by atoms with Gasteiger partial charge in [0.05, 0.1) is 39.2 Å². The summed E-state index contributed by atoms with van der Waals surface area (Å²) in [5, 5.41) is 0. The van der Waals surface area contributed by atoms with Crippen molar-refractivity contribution in [3.05, 3.63) is 22.6 Å². The van der Waals surface area contributed by atoms with Crippen molar-refractivity contribution in [2.24, 2.45) is 5.92 Å². The van der Waals surface area contributed by atoms with E-state index in [1.54, 1.807) is 41.5 Å². The fourth-order valence-corrected chi connectivity index (χ4v) is 4.86. The first-order valence-corrected chi connectivity index (χ1v) is 12.4. The van der Waals surface area contributed by atoms with Gasteiger partial charge in [0.1, 0.15) is 5.76 Å². The van der Waals surface area contributed by atoms with Gasteiger partial charge in [0.25, 0.3) is 0 Å². The Labute approximate surface area is 188 Å². The Bertz CT molecular complexity index is 801. The Morgan fingerprint density at radius 1 is 0.812 bits per heavy atom. The molecule has 0 unspecified atom stereocenters. The van der Waals surface area contributed by atoms with E-state index in [4.69, 9.17) is 27.7 Å². The van der Waals surface area contributed by atoms with Gasteiger partial charge in [0.2, 0.25) is 5.76 Å². The number of furan rings is 1. The van der Waals surface area contributed by atoms with Crippen LogP contribution in [0.5, 0.6) is 0 Å². The minimum atomic E-state index is -3.66. The van der Waals surface area contributed by atoms with Crippen LogP contribution in [0.25, 0.3) is 0 Å². The Hall–Kier alpha value is -2.16. The molecule has 1 aromatic heterocycles. The average Bonchev–Trinajstić information content (AvgIpc) is 3.01. The largest absolute Gasteiger partial charge is 0.465 e. The molecule has 0 N–H and O–H groups in total. The fourth-order valence-electron chi connectivity index (χ4n) is 3.09. The summed E-state index contributed by atoms with van der Waals surface area (Å²) in [5.41, 5.74) is 0.545. The molecule has 11 heteroatoms. The first-order valence-electron chi connectivity index (χ1n) is 10.7. The second-order valence-corrected chi connectivity index (χ2v) is 8.58. The predicted molar refractivity (Wildman–Crippen MR) is 114 cm³/mol. The number of carbonyl (C=O) groups excluding carboxylic acids is 3. The summed E-state index contributed by atoms with van der Waals surface area (Å²) in [7, 11) is -3.66. The van der Waals surface area contributed by atoms with Crippen molar-refractivity contribution in [3.63, 3.8) is 0 Å². The lowest BCUT2D eigenvalue weighted by Gasteiger charge is -2.19. The van der Waals surface area contributed by atoms with Crippen molar-refractivity contribution in [1.82, 2.24) is 0 Å². The molecule has 0 bridgehead atoms. The molecule has 0 radical (unpaired) electrons. The maximum absolute atomic E-state index is 13.2. The minimum Gasteiger partial charge on any atom is -0.465 e. The van der Waals surface area contributed by atoms with E-state index in [0.29, 0.717) is 5.56 Å². The SMILES string of the molecule is CCOC(=O)c1oc(C)c(CC(C(=O)OCC)C(=O)OCC)c1CP(=O)(OCC)OCC. The lowest BCUT2D eigenvalue weighted by atomic mass is 9.96. The summed E-state index contributed by atoms with van der Waals surface area (Å²) in [6.45, 7) is 10.2. The number of carbonyl (C=O) groups is 3. The Balaban J connectivity index is 3.54.